The monoisotopic (exact) mass is 431 g/mol. The lowest BCUT2D eigenvalue weighted by Gasteiger charge is -2.56. The lowest BCUT2D eigenvalue weighted by molar-refractivity contribution is -0.134. The van der Waals surface area contributed by atoms with Gasteiger partial charge in [-0.1, -0.05) is 24.2 Å². The van der Waals surface area contributed by atoms with Crippen LogP contribution >= 0.6 is 0 Å². The zero-order valence-electron chi connectivity index (χ0n) is 18.8. The Hall–Kier alpha value is -1.76. The number of oxime groups is 2. The van der Waals surface area contributed by atoms with E-state index in [0.717, 1.165) is 63.0 Å². The first-order valence-electron chi connectivity index (χ1n) is 11.8. The predicted octanol–water partition coefficient (Wildman–Crippen LogP) is 3.81. The van der Waals surface area contributed by atoms with Gasteiger partial charge in [-0.3, -0.25) is 4.79 Å². The van der Waals surface area contributed by atoms with Gasteiger partial charge < -0.3 is 15.0 Å². The van der Waals surface area contributed by atoms with E-state index in [9.17, 15) is 9.18 Å². The Labute approximate surface area is 183 Å². The Bertz CT molecular complexity index is 849. The molecule has 0 aromatic heterocycles. The van der Waals surface area contributed by atoms with E-state index in [-0.39, 0.29) is 29.1 Å². The van der Waals surface area contributed by atoms with Crippen LogP contribution in [0.1, 0.15) is 58.8 Å². The first-order chi connectivity index (χ1) is 14.9. The van der Waals surface area contributed by atoms with Gasteiger partial charge in [0.1, 0.15) is 13.2 Å². The largest absolute Gasteiger partial charge is 0.399 e. The van der Waals surface area contributed by atoms with E-state index in [1.54, 1.807) is 7.11 Å². The van der Waals surface area contributed by atoms with Crippen LogP contribution in [0.2, 0.25) is 0 Å². The topological polar surface area (TPSA) is 72.3 Å². The lowest BCUT2D eigenvalue weighted by Crippen LogP contribution is -2.53. The van der Waals surface area contributed by atoms with Crippen molar-refractivity contribution in [2.75, 3.05) is 20.2 Å². The number of nitrogens with zero attached hydrogens (tertiary/aromatic N) is 2. The van der Waals surface area contributed by atoms with Crippen LogP contribution in [-0.2, 0) is 14.5 Å². The standard InChI is InChI=1S/C24H34FN3O3/c1-23-7-4-14(27-31-15-6-9-26-13-15)10-19(23)21(28-30-3)11-16-17(23)5-8-24(2)18(16)12-20(25)22(24)29/h10,15-18,20,26H,4-9,11-13H2,1-3H3/b27-14+,28-21+/t15?,16?,17?,18?,20?,23-,24+/m1/s1. The second kappa shape index (κ2) is 7.68. The maximum atomic E-state index is 14.5. The highest BCUT2D eigenvalue weighted by Crippen LogP contribution is 2.64. The summed E-state index contributed by atoms with van der Waals surface area (Å²) in [5, 5.41) is 12.2. The van der Waals surface area contributed by atoms with Gasteiger partial charge in [0, 0.05) is 18.4 Å². The Balaban J connectivity index is 1.47. The molecule has 0 aromatic rings. The first-order valence-corrected chi connectivity index (χ1v) is 11.8. The van der Waals surface area contributed by atoms with E-state index in [1.807, 2.05) is 6.92 Å². The van der Waals surface area contributed by atoms with Gasteiger partial charge in [-0.05, 0) is 79.9 Å². The summed E-state index contributed by atoms with van der Waals surface area (Å²) < 4.78 is 14.5. The molecule has 1 N–H and O–H groups in total. The molecule has 3 saturated carbocycles. The third-order valence-corrected chi connectivity index (χ3v) is 9.06. The van der Waals surface area contributed by atoms with E-state index >= 15 is 0 Å². The summed E-state index contributed by atoms with van der Waals surface area (Å²) in [5.74, 6) is 0.595. The number of fused-ring (bicyclic) bond motifs is 5. The Kier molecular flexibility index (Phi) is 5.23. The predicted molar refractivity (Wildman–Crippen MR) is 117 cm³/mol. The van der Waals surface area contributed by atoms with Crippen molar-refractivity contribution in [1.29, 1.82) is 0 Å². The summed E-state index contributed by atoms with van der Waals surface area (Å²) in [5.41, 5.74) is 2.49. The van der Waals surface area contributed by atoms with Crippen molar-refractivity contribution in [2.45, 2.75) is 71.1 Å². The van der Waals surface area contributed by atoms with Gasteiger partial charge in [-0.15, -0.1) is 0 Å². The average Bonchev–Trinajstić information content (AvgIpc) is 3.35. The van der Waals surface area contributed by atoms with Crippen molar-refractivity contribution in [3.05, 3.63) is 11.6 Å². The minimum absolute atomic E-state index is 0.0625. The summed E-state index contributed by atoms with van der Waals surface area (Å²) in [6, 6.07) is 0. The van der Waals surface area contributed by atoms with E-state index in [2.05, 4.69) is 28.6 Å². The quantitative estimate of drug-likeness (QED) is 0.690. The van der Waals surface area contributed by atoms with Gasteiger partial charge in [0.05, 0.1) is 11.4 Å². The molecular weight excluding hydrogens is 397 g/mol. The van der Waals surface area contributed by atoms with Crippen molar-refractivity contribution in [3.8, 4) is 0 Å². The fraction of sp³-hybridized carbons (Fsp3) is 0.792. The fourth-order valence-electron chi connectivity index (χ4n) is 7.30. The summed E-state index contributed by atoms with van der Waals surface area (Å²) >= 11 is 0. The molecule has 5 rings (SSSR count). The number of halogens is 1. The Morgan fingerprint density at radius 3 is 2.74 bits per heavy atom. The summed E-state index contributed by atoms with van der Waals surface area (Å²) in [6.45, 7) is 6.15. The minimum atomic E-state index is -1.31. The average molecular weight is 432 g/mol. The van der Waals surface area contributed by atoms with Crippen LogP contribution in [0.5, 0.6) is 0 Å². The molecule has 5 aliphatic rings. The van der Waals surface area contributed by atoms with Crippen LogP contribution in [-0.4, -0.2) is 49.7 Å². The lowest BCUT2D eigenvalue weighted by atomic mass is 9.47. The molecule has 0 aromatic carbocycles. The SMILES string of the molecule is CO/N=C1\CC2C(CC[C@]3(C)C(=O)C(F)CC23)[C@@]2(C)CC/C(=N\OC3CCNC3)C=C12. The molecule has 31 heavy (non-hydrogen) atoms. The molecule has 170 valence electrons. The third-order valence-electron chi connectivity index (χ3n) is 9.06. The van der Waals surface area contributed by atoms with Crippen LogP contribution in [0.25, 0.3) is 0 Å². The van der Waals surface area contributed by atoms with Gasteiger partial charge in [-0.2, -0.15) is 0 Å². The highest BCUT2D eigenvalue weighted by atomic mass is 19.1. The number of carbonyl (C=O) groups excluding carboxylic acids is 1. The maximum Gasteiger partial charge on any atom is 0.173 e. The number of alkyl halides is 1. The van der Waals surface area contributed by atoms with Crippen molar-refractivity contribution in [1.82, 2.24) is 5.32 Å². The molecule has 1 heterocycles. The number of hydrogen-bond acceptors (Lipinski definition) is 6. The van der Waals surface area contributed by atoms with Crippen molar-refractivity contribution >= 4 is 17.2 Å². The molecule has 0 amide bonds. The number of nitrogens with one attached hydrogen (secondary N) is 1. The fourth-order valence-corrected chi connectivity index (χ4v) is 7.30. The first kappa shape index (κ1) is 21.1. The van der Waals surface area contributed by atoms with Crippen molar-refractivity contribution < 1.29 is 18.9 Å². The number of allylic oxidation sites excluding steroid dienone is 2. The molecule has 0 bridgehead atoms. The van der Waals surface area contributed by atoms with Gasteiger partial charge >= 0.3 is 0 Å². The van der Waals surface area contributed by atoms with E-state index in [0.29, 0.717) is 12.3 Å². The van der Waals surface area contributed by atoms with E-state index in [4.69, 9.17) is 9.68 Å². The number of rotatable bonds is 3. The van der Waals surface area contributed by atoms with E-state index in [1.165, 1.54) is 5.57 Å². The van der Waals surface area contributed by atoms with Crippen molar-refractivity contribution in [2.24, 2.45) is 38.9 Å². The zero-order chi connectivity index (χ0) is 21.8. The molecule has 1 saturated heterocycles. The van der Waals surface area contributed by atoms with Gasteiger partial charge in [0.2, 0.25) is 0 Å². The van der Waals surface area contributed by atoms with Gasteiger partial charge in [0.25, 0.3) is 0 Å². The Morgan fingerprint density at radius 1 is 1.16 bits per heavy atom. The maximum absolute atomic E-state index is 14.5. The minimum Gasteiger partial charge on any atom is -0.399 e. The summed E-state index contributed by atoms with van der Waals surface area (Å²) in [4.78, 5) is 23.7. The molecule has 7 atom stereocenters. The normalized spacial score (nSPS) is 47.0. The molecule has 7 heteroatoms. The second-order valence-corrected chi connectivity index (χ2v) is 10.6. The van der Waals surface area contributed by atoms with Crippen LogP contribution in [0.15, 0.2) is 22.0 Å². The summed E-state index contributed by atoms with van der Waals surface area (Å²) in [7, 11) is 1.58. The smallest absolute Gasteiger partial charge is 0.173 e. The molecule has 6 nitrogen and oxygen atoms in total. The van der Waals surface area contributed by atoms with Crippen LogP contribution in [0.4, 0.5) is 4.39 Å². The van der Waals surface area contributed by atoms with E-state index < -0.39 is 11.6 Å². The highest BCUT2D eigenvalue weighted by molar-refractivity contribution is 6.10. The molecule has 0 spiro atoms. The van der Waals surface area contributed by atoms with Crippen LogP contribution < -0.4 is 5.32 Å². The van der Waals surface area contributed by atoms with Crippen molar-refractivity contribution in [3.63, 3.8) is 0 Å². The van der Waals surface area contributed by atoms with Gasteiger partial charge in [0.15, 0.2) is 12.0 Å². The van der Waals surface area contributed by atoms with Crippen LogP contribution in [0.3, 0.4) is 0 Å². The summed E-state index contributed by atoms with van der Waals surface area (Å²) in [6.07, 6.45) is 6.64. The Morgan fingerprint density at radius 2 is 2.00 bits per heavy atom. The number of carbonyl (C=O) groups is 1. The number of ketones is 1. The van der Waals surface area contributed by atoms with Gasteiger partial charge in [-0.25, -0.2) is 4.39 Å². The number of hydrogen-bond donors (Lipinski definition) is 1. The molecule has 5 unspecified atom stereocenters. The molecule has 4 fully saturated rings. The molecular formula is C24H34FN3O3. The van der Waals surface area contributed by atoms with Crippen LogP contribution in [0, 0.1) is 28.6 Å². The third kappa shape index (κ3) is 3.26. The molecule has 0 radical (unpaired) electrons. The molecule has 4 aliphatic carbocycles. The highest BCUT2D eigenvalue weighted by Gasteiger charge is 2.62. The second-order valence-electron chi connectivity index (χ2n) is 10.6. The molecule has 1 aliphatic heterocycles. The zero-order valence-corrected chi connectivity index (χ0v) is 18.8. The number of Topliss-reactive ketones (excluding diaryl/α,β-unsaturated/α-hetero) is 1.